The summed E-state index contributed by atoms with van der Waals surface area (Å²) >= 11 is 0. The molecule has 0 spiro atoms. The summed E-state index contributed by atoms with van der Waals surface area (Å²) in [6, 6.07) is 0. The first-order valence-corrected chi connectivity index (χ1v) is 57.1. The molecule has 0 aromatic carbocycles. The van der Waals surface area contributed by atoms with Crippen molar-refractivity contribution < 1.29 is 0 Å². The summed E-state index contributed by atoms with van der Waals surface area (Å²) < 4.78 is 0. The van der Waals surface area contributed by atoms with Gasteiger partial charge in [-0.15, -0.1) is 32.9 Å². The molecule has 0 aliphatic heterocycles. The van der Waals surface area contributed by atoms with E-state index in [9.17, 15) is 0 Å². The number of unbranched alkanes of at least 4 members (excludes halogenated alkanes) is 25. The van der Waals surface area contributed by atoms with Gasteiger partial charge in [-0.05, 0) is 293 Å². The Hall–Kier alpha value is -2.52. The minimum absolute atomic E-state index is 0.490. The van der Waals surface area contributed by atoms with Gasteiger partial charge in [-0.1, -0.05) is 407 Å². The van der Waals surface area contributed by atoms with E-state index in [1.807, 2.05) is 65.2 Å². The van der Waals surface area contributed by atoms with Crippen molar-refractivity contribution in [1.82, 2.24) is 53.9 Å². The third-order valence-electron chi connectivity index (χ3n) is 22.4. The van der Waals surface area contributed by atoms with Crippen LogP contribution < -0.4 is 0 Å². The highest BCUT2D eigenvalue weighted by Gasteiger charge is 2.14. The monoisotopic (exact) mass is 1900 g/mol. The molecule has 0 N–H and O–H groups in total. The van der Waals surface area contributed by atoms with Crippen LogP contribution in [0.5, 0.6) is 0 Å². The van der Waals surface area contributed by atoms with E-state index in [0.717, 1.165) is 101 Å². The predicted octanol–water partition coefficient (Wildman–Crippen LogP) is 34.3. The van der Waals surface area contributed by atoms with Crippen LogP contribution in [0.3, 0.4) is 0 Å². The maximum atomic E-state index is 3.91. The average molecular weight is 1900 g/mol. The van der Waals surface area contributed by atoms with E-state index < -0.39 is 0 Å². The van der Waals surface area contributed by atoms with Gasteiger partial charge in [0.05, 0.1) is 0 Å². The molecule has 134 heavy (non-hydrogen) atoms. The summed E-state index contributed by atoms with van der Waals surface area (Å²) in [7, 11) is 15.0. The van der Waals surface area contributed by atoms with Gasteiger partial charge in [0.1, 0.15) is 0 Å². The number of rotatable bonds is 78. The van der Waals surface area contributed by atoms with Gasteiger partial charge in [-0.25, -0.2) is 0 Å². The lowest BCUT2D eigenvalue weighted by Gasteiger charge is -2.27. The molecule has 0 fully saturated rings. The topological polar surface area (TPSA) is 35.6 Å². The zero-order valence-corrected chi connectivity index (χ0v) is 100. The molecule has 0 heterocycles. The van der Waals surface area contributed by atoms with Crippen LogP contribution in [-0.4, -0.2) is 273 Å². The average Bonchev–Trinajstić information content (AvgIpc) is 0.945. The van der Waals surface area contributed by atoms with Gasteiger partial charge in [0.25, 0.3) is 0 Å². The Morgan fingerprint density at radius 1 is 0.231 bits per heavy atom. The summed E-state index contributed by atoms with van der Waals surface area (Å²) in [5.41, 5.74) is 4.04. The molecule has 0 unspecified atom stereocenters. The number of hydrogen-bond donors (Lipinski definition) is 0. The zero-order valence-electron chi connectivity index (χ0n) is 100. The fraction of sp³-hybridized carbons (Fsp3) is 0.870. The summed E-state index contributed by atoms with van der Waals surface area (Å²) in [5, 5.41) is 0. The largest absolute Gasteiger partial charge is 0.309 e. The van der Waals surface area contributed by atoms with Crippen LogP contribution in [-0.2, 0) is 0 Å². The minimum atomic E-state index is 0.490. The number of nitrogens with zero attached hydrogens (tertiary/aromatic N) is 11. The highest BCUT2D eigenvalue weighted by molar-refractivity contribution is 5.02. The molecule has 0 aliphatic rings. The highest BCUT2D eigenvalue weighted by atomic mass is 15.1. The maximum Gasteiger partial charge on any atom is 0.0194 e. The lowest BCUT2D eigenvalue weighted by molar-refractivity contribution is 0.198. The Morgan fingerprint density at radius 2 is 0.455 bits per heavy atom. The van der Waals surface area contributed by atoms with Crippen LogP contribution in [0, 0.1) is 40.9 Å². The van der Waals surface area contributed by atoms with E-state index >= 15 is 0 Å². The van der Waals surface area contributed by atoms with Crippen molar-refractivity contribution in [3.63, 3.8) is 0 Å². The summed E-state index contributed by atoms with van der Waals surface area (Å²) in [6.07, 6.45) is 62.2. The van der Waals surface area contributed by atoms with Crippen LogP contribution in [0.15, 0.2) is 99.7 Å². The Morgan fingerprint density at radius 3 is 0.634 bits per heavy atom. The van der Waals surface area contributed by atoms with Crippen molar-refractivity contribution in [2.45, 2.75) is 445 Å². The van der Waals surface area contributed by atoms with Gasteiger partial charge in [-0.2, -0.15) is 0 Å². The van der Waals surface area contributed by atoms with Crippen molar-refractivity contribution in [3.05, 3.63) is 99.7 Å². The molecule has 0 atom stereocenters. The van der Waals surface area contributed by atoms with E-state index in [0.29, 0.717) is 5.41 Å². The molecule has 0 aromatic heterocycles. The molecule has 0 amide bonds. The molecule has 0 aliphatic carbocycles. The van der Waals surface area contributed by atoms with Crippen molar-refractivity contribution in [2.75, 3.05) is 219 Å². The van der Waals surface area contributed by atoms with Crippen LogP contribution in [0.4, 0.5) is 0 Å². The first-order chi connectivity index (χ1) is 63.4. The third-order valence-corrected chi connectivity index (χ3v) is 22.4. The van der Waals surface area contributed by atoms with Crippen LogP contribution in [0.1, 0.15) is 445 Å². The molecule has 0 rings (SSSR count). The zero-order chi connectivity index (χ0) is 105. The molecular weight excluding hydrogens is 1630 g/mol. The SMILES string of the molecule is C=C(C)CN(CC(=C)C)CC(=C)C.C=CCN(C)C.C=CCN(CC)CC.C=CCN(CC=C)CC=C.CC(C)CCN(CCC(C)C)CCC(C)C.CC(C)CN(CC(C)C)CC(C)C.CCCCCCCCN(C)CCCCCCCC.CCCCCCN(C)CCCCCC.CCCCCCN(CCCCCC)CCCCCC.CCCN(C)CCC.CN(C)CCC(C)(C)C. The van der Waals surface area contributed by atoms with E-state index in [-0.39, 0.29) is 0 Å². The maximum absolute atomic E-state index is 3.91. The standard InChI is InChI=1S/C18H39N.C17H37N.C15H33N.C13H29N.C12H27N.C12H21N.C9H15N.C8H19N.C7H17N.C7H15N.C5H11N/c1-4-7-10-13-16-19(17-14-11-8-5-2)18-15-12-9-6-3;1-4-6-8-10-12-14-16-18(3)17-15-13-11-9-7-5-2;1-13(2)7-10-16(11-8-14(3)4)12-9-15(5)6;1-4-6-8-10-12-14(3)13-11-9-7-5-2;2*1-10(2)7-13(8-11(3)4)9-12(5)6;1-4-7-10(8-5-2)9-6-3;1-8(2,3)6-7-9(4)5;1-4-6-8(3)7-5-2;1-4-7-8(5-2)6-3;1-4-5-6(2)3/h4-18H2,1-3H3;4-17H2,1-3H3;13-15H,7-12H2,1-6H3;4-13H2,1-3H3;10-12H,7-9H2,1-6H3;1,3,5,7-9H2,2,4,6H3;4-6H,1-3,7-9H2;6-7H2,1-5H3;4-7H2,1-3H3;4H,1,5-7H2,2-3H3;4H,1,5H2,2-3H3. The van der Waals surface area contributed by atoms with Gasteiger partial charge < -0.3 is 44.1 Å². The molecule has 0 radical (unpaired) electrons. The Balaban J connectivity index is -0.000000140. The van der Waals surface area contributed by atoms with Crippen molar-refractivity contribution >= 4 is 0 Å². The fourth-order valence-electron chi connectivity index (χ4n) is 14.7. The minimum Gasteiger partial charge on any atom is -0.309 e. The third kappa shape index (κ3) is 166. The van der Waals surface area contributed by atoms with Crippen molar-refractivity contribution in [1.29, 1.82) is 0 Å². The second kappa shape index (κ2) is 125. The van der Waals surface area contributed by atoms with E-state index in [2.05, 4.69) is 322 Å². The molecule has 11 nitrogen and oxygen atoms in total. The smallest absolute Gasteiger partial charge is 0.0194 e. The molecule has 810 valence electrons. The summed E-state index contributed by atoms with van der Waals surface area (Å²) in [5.74, 6) is 4.87. The van der Waals surface area contributed by atoms with Gasteiger partial charge in [-0.3, -0.25) is 9.80 Å². The predicted molar refractivity (Wildman–Crippen MR) is 630 cm³/mol. The summed E-state index contributed by atoms with van der Waals surface area (Å²) in [4.78, 5) is 26.5. The number of hydrogen-bond acceptors (Lipinski definition) is 11. The normalized spacial score (nSPS) is 11.1. The number of likely N-dealkylation sites (N-methyl/N-ethyl adjacent to an activating group) is 2. The fourth-order valence-corrected chi connectivity index (χ4v) is 14.7. The molecule has 11 heteroatoms. The Bertz CT molecular complexity index is 2060. The lowest BCUT2D eigenvalue weighted by Crippen LogP contribution is -2.34. The molecule has 0 aromatic rings. The van der Waals surface area contributed by atoms with E-state index in [1.165, 1.54) is 365 Å². The first kappa shape index (κ1) is 154. The lowest BCUT2D eigenvalue weighted by atomic mass is 9.92. The highest BCUT2D eigenvalue weighted by Crippen LogP contribution is 2.19. The molecule has 0 saturated heterocycles. The first-order valence-electron chi connectivity index (χ1n) is 57.1. The quantitative estimate of drug-likeness (QED) is 0.0432. The molecular formula is C123H263N11. The van der Waals surface area contributed by atoms with Crippen molar-refractivity contribution in [3.8, 4) is 0 Å². The Kier molecular flexibility index (Phi) is 143. The van der Waals surface area contributed by atoms with E-state index in [1.54, 1.807) is 0 Å². The van der Waals surface area contributed by atoms with Crippen molar-refractivity contribution in [2.24, 2.45) is 40.9 Å². The van der Waals surface area contributed by atoms with Gasteiger partial charge in [0.2, 0.25) is 0 Å². The summed E-state index contributed by atoms with van der Waals surface area (Å²) in [6.45, 7) is 126. The van der Waals surface area contributed by atoms with Crippen LogP contribution in [0.2, 0.25) is 0 Å². The van der Waals surface area contributed by atoms with Crippen LogP contribution >= 0.6 is 0 Å². The molecule has 0 saturated carbocycles. The van der Waals surface area contributed by atoms with Gasteiger partial charge in [0, 0.05) is 72.0 Å². The van der Waals surface area contributed by atoms with E-state index in [4.69, 9.17) is 0 Å². The molecule has 0 bridgehead atoms. The Labute approximate surface area is 853 Å². The van der Waals surface area contributed by atoms with Gasteiger partial charge >= 0.3 is 0 Å². The second-order valence-electron chi connectivity index (χ2n) is 43.9. The second-order valence-corrected chi connectivity index (χ2v) is 43.9. The van der Waals surface area contributed by atoms with Gasteiger partial charge in [0.15, 0.2) is 0 Å². The van der Waals surface area contributed by atoms with Crippen LogP contribution in [0.25, 0.3) is 0 Å².